The molecule has 1 amide bonds. The summed E-state index contributed by atoms with van der Waals surface area (Å²) in [6.45, 7) is -0.613. The predicted octanol–water partition coefficient (Wildman–Crippen LogP) is 4.35. The highest BCUT2D eigenvalue weighted by Crippen LogP contribution is 2.28. The molecule has 0 radical (unpaired) electrons. The van der Waals surface area contributed by atoms with Crippen LogP contribution in [0.1, 0.15) is 10.4 Å². The number of rotatable bonds is 5. The molecule has 0 heterocycles. The molecule has 2 rings (SSSR count). The lowest BCUT2D eigenvalue weighted by Gasteiger charge is -2.08. The molecular formula is C15H9Cl3N2O5. The number of hydrogen-bond acceptors (Lipinski definition) is 5. The van der Waals surface area contributed by atoms with Gasteiger partial charge in [-0.15, -0.1) is 0 Å². The summed E-state index contributed by atoms with van der Waals surface area (Å²) in [4.78, 5) is 33.9. The SMILES string of the molecule is O=C(COC(=O)c1cccc(Cl)c1Cl)Nc1ccc(Cl)c([N+](=O)[O-])c1. The molecule has 0 saturated heterocycles. The normalized spacial score (nSPS) is 10.2. The van der Waals surface area contributed by atoms with Crippen molar-refractivity contribution in [2.45, 2.75) is 0 Å². The van der Waals surface area contributed by atoms with Crippen molar-refractivity contribution in [3.63, 3.8) is 0 Å². The van der Waals surface area contributed by atoms with Crippen molar-refractivity contribution in [1.82, 2.24) is 0 Å². The Bertz CT molecular complexity index is 857. The van der Waals surface area contributed by atoms with E-state index in [1.807, 2.05) is 0 Å². The fraction of sp³-hybridized carbons (Fsp3) is 0.0667. The maximum Gasteiger partial charge on any atom is 0.340 e. The third-order valence-electron chi connectivity index (χ3n) is 2.93. The number of ether oxygens (including phenoxy) is 1. The quantitative estimate of drug-likeness (QED) is 0.454. The first-order valence-electron chi connectivity index (χ1n) is 6.64. The van der Waals surface area contributed by atoms with Crippen molar-refractivity contribution in [1.29, 1.82) is 0 Å². The van der Waals surface area contributed by atoms with Gasteiger partial charge >= 0.3 is 5.97 Å². The predicted molar refractivity (Wildman–Crippen MR) is 93.5 cm³/mol. The van der Waals surface area contributed by atoms with Crippen molar-refractivity contribution in [3.8, 4) is 0 Å². The number of nitro benzene ring substituents is 1. The van der Waals surface area contributed by atoms with Crippen LogP contribution in [0.25, 0.3) is 0 Å². The number of carbonyl (C=O) groups is 2. The van der Waals surface area contributed by atoms with Gasteiger partial charge in [-0.05, 0) is 24.3 Å². The minimum Gasteiger partial charge on any atom is -0.452 e. The number of nitro groups is 1. The molecule has 0 aromatic heterocycles. The van der Waals surface area contributed by atoms with Gasteiger partial charge in [-0.25, -0.2) is 4.79 Å². The van der Waals surface area contributed by atoms with E-state index in [0.29, 0.717) is 0 Å². The van der Waals surface area contributed by atoms with Gasteiger partial charge in [0.25, 0.3) is 11.6 Å². The van der Waals surface area contributed by atoms with Gasteiger partial charge in [0.2, 0.25) is 0 Å². The Kier molecular flexibility index (Phi) is 6.19. The molecule has 0 aliphatic heterocycles. The summed E-state index contributed by atoms with van der Waals surface area (Å²) in [5, 5.41) is 13.3. The maximum atomic E-state index is 11.9. The summed E-state index contributed by atoms with van der Waals surface area (Å²) < 4.78 is 4.85. The van der Waals surface area contributed by atoms with Crippen LogP contribution in [0.3, 0.4) is 0 Å². The van der Waals surface area contributed by atoms with E-state index in [1.54, 1.807) is 0 Å². The molecule has 0 atom stereocenters. The maximum absolute atomic E-state index is 11.9. The molecule has 25 heavy (non-hydrogen) atoms. The van der Waals surface area contributed by atoms with Gasteiger partial charge in [-0.2, -0.15) is 0 Å². The number of anilines is 1. The Balaban J connectivity index is 1.99. The van der Waals surface area contributed by atoms with Crippen LogP contribution in [0, 0.1) is 10.1 Å². The van der Waals surface area contributed by atoms with E-state index >= 15 is 0 Å². The summed E-state index contributed by atoms with van der Waals surface area (Å²) in [5.74, 6) is -1.52. The average molecular weight is 404 g/mol. The van der Waals surface area contributed by atoms with Crippen LogP contribution in [0.15, 0.2) is 36.4 Å². The molecule has 0 fully saturated rings. The van der Waals surface area contributed by atoms with E-state index in [1.165, 1.54) is 30.3 Å². The van der Waals surface area contributed by atoms with E-state index < -0.39 is 23.4 Å². The first-order valence-corrected chi connectivity index (χ1v) is 7.78. The van der Waals surface area contributed by atoms with Crippen molar-refractivity contribution < 1.29 is 19.2 Å². The average Bonchev–Trinajstić information content (AvgIpc) is 2.56. The second-order valence-corrected chi connectivity index (χ2v) is 5.84. The third-order valence-corrected chi connectivity index (χ3v) is 4.07. The van der Waals surface area contributed by atoms with Crippen molar-refractivity contribution in [2.24, 2.45) is 0 Å². The monoisotopic (exact) mass is 402 g/mol. The number of benzene rings is 2. The molecule has 0 aliphatic carbocycles. The fourth-order valence-electron chi connectivity index (χ4n) is 1.80. The second-order valence-electron chi connectivity index (χ2n) is 4.65. The lowest BCUT2D eigenvalue weighted by molar-refractivity contribution is -0.384. The zero-order valence-electron chi connectivity index (χ0n) is 12.3. The number of esters is 1. The molecule has 2 aromatic rings. The Hall–Kier alpha value is -2.35. The number of nitrogens with one attached hydrogen (secondary N) is 1. The first kappa shape index (κ1) is 19.0. The van der Waals surface area contributed by atoms with Crippen molar-refractivity contribution in [3.05, 3.63) is 67.1 Å². The van der Waals surface area contributed by atoms with Gasteiger partial charge in [-0.3, -0.25) is 14.9 Å². The van der Waals surface area contributed by atoms with Crippen LogP contribution in [-0.2, 0) is 9.53 Å². The van der Waals surface area contributed by atoms with Gasteiger partial charge in [0.1, 0.15) is 5.02 Å². The van der Waals surface area contributed by atoms with Gasteiger partial charge in [0, 0.05) is 11.8 Å². The van der Waals surface area contributed by atoms with Gasteiger partial charge in [0.05, 0.1) is 20.5 Å². The number of halogens is 3. The molecule has 0 saturated carbocycles. The highest BCUT2D eigenvalue weighted by Gasteiger charge is 2.17. The standard InChI is InChI=1S/C15H9Cl3N2O5/c16-10-5-4-8(6-12(10)20(23)24)19-13(21)7-25-15(22)9-2-1-3-11(17)14(9)18/h1-6H,7H2,(H,19,21). The Morgan fingerprint density at radius 1 is 1.12 bits per heavy atom. The van der Waals surface area contributed by atoms with Crippen LogP contribution >= 0.6 is 34.8 Å². The van der Waals surface area contributed by atoms with Crippen LogP contribution in [0.2, 0.25) is 15.1 Å². The summed E-state index contributed by atoms with van der Waals surface area (Å²) in [7, 11) is 0. The topological polar surface area (TPSA) is 98.5 Å². The number of amides is 1. The third kappa shape index (κ3) is 4.82. The molecule has 0 bridgehead atoms. The molecule has 0 aliphatic rings. The molecule has 2 aromatic carbocycles. The molecule has 7 nitrogen and oxygen atoms in total. The van der Waals surface area contributed by atoms with Crippen molar-refractivity contribution in [2.75, 3.05) is 11.9 Å². The van der Waals surface area contributed by atoms with Crippen LogP contribution in [0.4, 0.5) is 11.4 Å². The van der Waals surface area contributed by atoms with Gasteiger partial charge in [-0.1, -0.05) is 40.9 Å². The van der Waals surface area contributed by atoms with E-state index in [-0.39, 0.29) is 32.0 Å². The molecule has 10 heteroatoms. The lowest BCUT2D eigenvalue weighted by Crippen LogP contribution is -2.21. The van der Waals surface area contributed by atoms with E-state index in [2.05, 4.69) is 5.32 Å². The second kappa shape index (κ2) is 8.15. The minimum absolute atomic E-state index is 0.0166. The number of carbonyl (C=O) groups excluding carboxylic acids is 2. The minimum atomic E-state index is -0.829. The van der Waals surface area contributed by atoms with Gasteiger partial charge in [0.15, 0.2) is 6.61 Å². The lowest BCUT2D eigenvalue weighted by atomic mass is 10.2. The molecule has 0 unspecified atom stereocenters. The molecule has 0 spiro atoms. The Morgan fingerprint density at radius 3 is 2.52 bits per heavy atom. The van der Waals surface area contributed by atoms with Crippen molar-refractivity contribution >= 4 is 58.1 Å². The number of hydrogen-bond donors (Lipinski definition) is 1. The molecular weight excluding hydrogens is 395 g/mol. The summed E-state index contributed by atoms with van der Waals surface area (Å²) in [5.41, 5.74) is -0.204. The zero-order valence-corrected chi connectivity index (χ0v) is 14.6. The zero-order chi connectivity index (χ0) is 18.6. The highest BCUT2D eigenvalue weighted by atomic mass is 35.5. The largest absolute Gasteiger partial charge is 0.452 e. The molecule has 1 N–H and O–H groups in total. The van der Waals surface area contributed by atoms with E-state index in [0.717, 1.165) is 6.07 Å². The fourth-order valence-corrected chi connectivity index (χ4v) is 2.36. The summed E-state index contributed by atoms with van der Waals surface area (Å²) >= 11 is 17.4. The summed E-state index contributed by atoms with van der Waals surface area (Å²) in [6, 6.07) is 8.15. The van der Waals surface area contributed by atoms with E-state index in [4.69, 9.17) is 39.5 Å². The molecule has 130 valence electrons. The summed E-state index contributed by atoms with van der Waals surface area (Å²) in [6.07, 6.45) is 0. The number of nitrogens with zero attached hydrogens (tertiary/aromatic N) is 1. The Labute approximate surface area is 156 Å². The first-order chi connectivity index (χ1) is 11.8. The smallest absolute Gasteiger partial charge is 0.340 e. The Morgan fingerprint density at radius 2 is 1.84 bits per heavy atom. The van der Waals surface area contributed by atoms with Crippen LogP contribution in [0.5, 0.6) is 0 Å². The van der Waals surface area contributed by atoms with Crippen LogP contribution in [-0.4, -0.2) is 23.4 Å². The van der Waals surface area contributed by atoms with E-state index in [9.17, 15) is 19.7 Å². The van der Waals surface area contributed by atoms with Gasteiger partial charge < -0.3 is 10.1 Å². The van der Waals surface area contributed by atoms with Crippen LogP contribution < -0.4 is 5.32 Å². The highest BCUT2D eigenvalue weighted by molar-refractivity contribution is 6.43.